The van der Waals surface area contributed by atoms with Crippen molar-refractivity contribution in [2.75, 3.05) is 0 Å². The Morgan fingerprint density at radius 1 is 1.16 bits per heavy atom. The molecule has 1 saturated carbocycles. The minimum absolute atomic E-state index is 0.344. The van der Waals surface area contributed by atoms with E-state index in [2.05, 4.69) is 6.92 Å². The van der Waals surface area contributed by atoms with Gasteiger partial charge in [-0.25, -0.2) is 0 Å². The van der Waals surface area contributed by atoms with Crippen LogP contribution in [0.3, 0.4) is 0 Å². The molecule has 0 spiro atoms. The van der Waals surface area contributed by atoms with Gasteiger partial charge in [-0.15, -0.1) is 0 Å². The molecule has 0 aromatic heterocycles. The van der Waals surface area contributed by atoms with Crippen molar-refractivity contribution in [1.29, 1.82) is 0 Å². The number of ether oxygens (including phenoxy) is 1. The first-order valence-corrected chi connectivity index (χ1v) is 6.68. The number of benzene rings is 2. The van der Waals surface area contributed by atoms with Crippen LogP contribution >= 0.6 is 0 Å². The van der Waals surface area contributed by atoms with Gasteiger partial charge in [0, 0.05) is 0 Å². The van der Waals surface area contributed by atoms with Gasteiger partial charge in [0.25, 0.3) is 0 Å². The van der Waals surface area contributed by atoms with Crippen LogP contribution < -0.4 is 4.74 Å². The quantitative estimate of drug-likeness (QED) is 0.905. The lowest BCUT2D eigenvalue weighted by Crippen LogP contribution is -2.07. The Morgan fingerprint density at radius 2 is 1.89 bits per heavy atom. The molecule has 0 aliphatic heterocycles. The summed E-state index contributed by atoms with van der Waals surface area (Å²) in [5.74, 6) is 1.16. The van der Waals surface area contributed by atoms with E-state index in [1.165, 1.54) is 0 Å². The molecule has 3 rings (SSSR count). The minimum atomic E-state index is -0.633. The van der Waals surface area contributed by atoms with Crippen LogP contribution in [-0.4, -0.2) is 5.11 Å². The molecule has 1 aliphatic carbocycles. The summed E-state index contributed by atoms with van der Waals surface area (Å²) < 4.78 is 5.78. The van der Waals surface area contributed by atoms with Crippen molar-refractivity contribution in [2.24, 2.45) is 5.92 Å². The summed E-state index contributed by atoms with van der Waals surface area (Å²) in [6.07, 6.45) is 0.842. The Bertz CT molecular complexity index is 564. The van der Waals surface area contributed by atoms with Gasteiger partial charge in [0.2, 0.25) is 0 Å². The first-order chi connectivity index (χ1) is 9.18. The van der Waals surface area contributed by atoms with Gasteiger partial charge in [0.15, 0.2) is 0 Å². The van der Waals surface area contributed by atoms with Crippen molar-refractivity contribution in [3.05, 3.63) is 65.7 Å². The van der Waals surface area contributed by atoms with E-state index in [1.54, 1.807) is 0 Å². The first-order valence-electron chi connectivity index (χ1n) is 6.68. The molecule has 98 valence electrons. The van der Waals surface area contributed by atoms with Gasteiger partial charge in [-0.05, 0) is 35.6 Å². The summed E-state index contributed by atoms with van der Waals surface area (Å²) in [4.78, 5) is 0. The maximum atomic E-state index is 10.3. The molecule has 0 radical (unpaired) electrons. The van der Waals surface area contributed by atoms with Crippen molar-refractivity contribution in [1.82, 2.24) is 0 Å². The molecule has 2 atom stereocenters. The standard InChI is InChI=1S/C17H18O2/c1-13-11-17(13,18)15-8-5-9-16(10-15)19-12-14-6-3-2-4-7-14/h2-10,13,18H,11-12H2,1H3. The molecule has 2 nitrogen and oxygen atoms in total. The smallest absolute Gasteiger partial charge is 0.120 e. The van der Waals surface area contributed by atoms with E-state index in [-0.39, 0.29) is 0 Å². The molecule has 2 aromatic carbocycles. The minimum Gasteiger partial charge on any atom is -0.489 e. The summed E-state index contributed by atoms with van der Waals surface area (Å²) in [5, 5.41) is 10.3. The SMILES string of the molecule is CC1CC1(O)c1cccc(OCc2ccccc2)c1. The Hall–Kier alpha value is -1.80. The van der Waals surface area contributed by atoms with Crippen LogP contribution in [0.5, 0.6) is 5.75 Å². The second kappa shape index (κ2) is 4.71. The van der Waals surface area contributed by atoms with Gasteiger partial charge in [-0.1, -0.05) is 49.4 Å². The van der Waals surface area contributed by atoms with Crippen LogP contribution in [0, 0.1) is 5.92 Å². The molecule has 2 aromatic rings. The highest BCUT2D eigenvalue weighted by molar-refractivity contribution is 5.36. The average molecular weight is 254 g/mol. The highest BCUT2D eigenvalue weighted by Gasteiger charge is 2.50. The van der Waals surface area contributed by atoms with Crippen LogP contribution in [-0.2, 0) is 12.2 Å². The monoisotopic (exact) mass is 254 g/mol. The molecule has 0 heterocycles. The normalized spacial score (nSPS) is 25.1. The van der Waals surface area contributed by atoms with E-state index < -0.39 is 5.60 Å². The topological polar surface area (TPSA) is 29.5 Å². The molecule has 0 saturated heterocycles. The number of hydrogen-bond donors (Lipinski definition) is 1. The van der Waals surface area contributed by atoms with Crippen LogP contribution in [0.4, 0.5) is 0 Å². The average Bonchev–Trinajstić information content (AvgIpc) is 3.07. The third-order valence-electron chi connectivity index (χ3n) is 3.85. The Morgan fingerprint density at radius 3 is 2.58 bits per heavy atom. The third-order valence-corrected chi connectivity index (χ3v) is 3.85. The maximum absolute atomic E-state index is 10.3. The molecule has 0 bridgehead atoms. The summed E-state index contributed by atoms with van der Waals surface area (Å²) >= 11 is 0. The first kappa shape index (κ1) is 12.2. The van der Waals surface area contributed by atoms with E-state index in [0.29, 0.717) is 12.5 Å². The zero-order chi connectivity index (χ0) is 13.3. The van der Waals surface area contributed by atoms with Gasteiger partial charge >= 0.3 is 0 Å². The predicted molar refractivity (Wildman–Crippen MR) is 74.9 cm³/mol. The van der Waals surface area contributed by atoms with Crippen LogP contribution in [0.2, 0.25) is 0 Å². The van der Waals surface area contributed by atoms with Gasteiger partial charge in [-0.3, -0.25) is 0 Å². The van der Waals surface area contributed by atoms with Crippen LogP contribution in [0.1, 0.15) is 24.5 Å². The van der Waals surface area contributed by atoms with Crippen molar-refractivity contribution in [3.63, 3.8) is 0 Å². The fourth-order valence-corrected chi connectivity index (χ4v) is 2.41. The van der Waals surface area contributed by atoms with Gasteiger partial charge in [0.05, 0.1) is 5.60 Å². The second-order valence-electron chi connectivity index (χ2n) is 5.33. The molecule has 0 amide bonds. The molecule has 1 aliphatic rings. The lowest BCUT2D eigenvalue weighted by Gasteiger charge is -2.12. The lowest BCUT2D eigenvalue weighted by atomic mass is 10.1. The molecule has 19 heavy (non-hydrogen) atoms. The molecular weight excluding hydrogens is 236 g/mol. The van der Waals surface area contributed by atoms with Crippen molar-refractivity contribution in [2.45, 2.75) is 25.6 Å². The fraction of sp³-hybridized carbons (Fsp3) is 0.294. The predicted octanol–water partition coefficient (Wildman–Crippen LogP) is 3.49. The van der Waals surface area contributed by atoms with E-state index in [4.69, 9.17) is 4.74 Å². The van der Waals surface area contributed by atoms with Gasteiger partial charge < -0.3 is 9.84 Å². The van der Waals surface area contributed by atoms with E-state index >= 15 is 0 Å². The zero-order valence-corrected chi connectivity index (χ0v) is 11.0. The molecule has 1 fully saturated rings. The summed E-state index contributed by atoms with van der Waals surface area (Å²) in [6.45, 7) is 2.62. The zero-order valence-electron chi connectivity index (χ0n) is 11.0. The maximum Gasteiger partial charge on any atom is 0.120 e. The summed E-state index contributed by atoms with van der Waals surface area (Å²) in [5.41, 5.74) is 1.48. The van der Waals surface area contributed by atoms with Crippen molar-refractivity contribution >= 4 is 0 Å². The highest BCUT2D eigenvalue weighted by atomic mass is 16.5. The molecule has 2 heteroatoms. The van der Waals surface area contributed by atoms with E-state index in [0.717, 1.165) is 23.3 Å². The van der Waals surface area contributed by atoms with E-state index in [9.17, 15) is 5.11 Å². The molecular formula is C17H18O2. The Labute approximate surface area is 113 Å². The summed E-state index contributed by atoms with van der Waals surface area (Å²) in [6, 6.07) is 17.9. The lowest BCUT2D eigenvalue weighted by molar-refractivity contribution is 0.134. The van der Waals surface area contributed by atoms with E-state index in [1.807, 2.05) is 54.6 Å². The Balaban J connectivity index is 1.71. The van der Waals surface area contributed by atoms with Crippen molar-refractivity contribution in [3.8, 4) is 5.75 Å². The van der Waals surface area contributed by atoms with Crippen LogP contribution in [0.25, 0.3) is 0 Å². The molecule has 2 unspecified atom stereocenters. The fourth-order valence-electron chi connectivity index (χ4n) is 2.41. The van der Waals surface area contributed by atoms with Gasteiger partial charge in [0.1, 0.15) is 12.4 Å². The number of aliphatic hydroxyl groups is 1. The summed E-state index contributed by atoms with van der Waals surface area (Å²) in [7, 11) is 0. The van der Waals surface area contributed by atoms with Crippen LogP contribution in [0.15, 0.2) is 54.6 Å². The number of hydrogen-bond acceptors (Lipinski definition) is 2. The Kier molecular flexibility index (Phi) is 3.03. The second-order valence-corrected chi connectivity index (χ2v) is 5.33. The van der Waals surface area contributed by atoms with Gasteiger partial charge in [-0.2, -0.15) is 0 Å². The van der Waals surface area contributed by atoms with Crippen molar-refractivity contribution < 1.29 is 9.84 Å². The highest BCUT2D eigenvalue weighted by Crippen LogP contribution is 2.51. The largest absolute Gasteiger partial charge is 0.489 e. The third kappa shape index (κ3) is 2.49. The number of rotatable bonds is 4. The molecule has 1 N–H and O–H groups in total.